The van der Waals surface area contributed by atoms with E-state index in [0.29, 0.717) is 13.0 Å². The second-order valence-corrected chi connectivity index (χ2v) is 3.28. The number of rotatable bonds is 5. The van der Waals surface area contributed by atoms with E-state index in [1.165, 1.54) is 0 Å². The monoisotopic (exact) mass is 210 g/mol. The molecule has 0 aromatic carbocycles. The third-order valence-electron chi connectivity index (χ3n) is 2.21. The summed E-state index contributed by atoms with van der Waals surface area (Å²) >= 11 is 0. The topological polar surface area (TPSA) is 44.1 Å². The Balaban J connectivity index is 2.74. The van der Waals surface area contributed by atoms with Crippen molar-refractivity contribution in [3.05, 3.63) is 17.5 Å². The summed E-state index contributed by atoms with van der Waals surface area (Å²) in [7, 11) is 0. The number of hydrogen-bond donors (Lipinski definition) is 0. The number of carbonyl (C=O) groups excluding carboxylic acids is 1. The normalized spacial score (nSPS) is 10.3. The van der Waals surface area contributed by atoms with Crippen LogP contribution < -0.4 is 0 Å². The van der Waals surface area contributed by atoms with Gasteiger partial charge in [-0.05, 0) is 26.3 Å². The van der Waals surface area contributed by atoms with Gasteiger partial charge in [0.1, 0.15) is 0 Å². The van der Waals surface area contributed by atoms with Crippen molar-refractivity contribution in [3.8, 4) is 0 Å². The molecule has 1 heterocycles. The second kappa shape index (κ2) is 5.53. The van der Waals surface area contributed by atoms with Crippen LogP contribution in [0.3, 0.4) is 0 Å². The first-order valence-corrected chi connectivity index (χ1v) is 5.42. The van der Waals surface area contributed by atoms with Crippen LogP contribution in [0.4, 0.5) is 0 Å². The van der Waals surface area contributed by atoms with Crippen LogP contribution in [0.15, 0.2) is 6.07 Å². The molecule has 0 amide bonds. The fourth-order valence-electron chi connectivity index (χ4n) is 1.46. The maximum Gasteiger partial charge on any atom is 0.311 e. The molecule has 0 N–H and O–H groups in total. The van der Waals surface area contributed by atoms with Crippen molar-refractivity contribution in [3.63, 3.8) is 0 Å². The Hall–Kier alpha value is -1.32. The summed E-state index contributed by atoms with van der Waals surface area (Å²) in [5.74, 6) is -0.185. The van der Waals surface area contributed by atoms with Crippen molar-refractivity contribution in [2.75, 3.05) is 6.61 Å². The van der Waals surface area contributed by atoms with Crippen LogP contribution in [0.2, 0.25) is 0 Å². The number of aryl methyl sites for hydroxylation is 2. The van der Waals surface area contributed by atoms with Crippen LogP contribution in [0.5, 0.6) is 0 Å². The summed E-state index contributed by atoms with van der Waals surface area (Å²) in [6, 6.07) is 1.97. The molecule has 0 aliphatic heterocycles. The van der Waals surface area contributed by atoms with Gasteiger partial charge in [0.05, 0.1) is 18.7 Å². The molecule has 0 unspecified atom stereocenters. The summed E-state index contributed by atoms with van der Waals surface area (Å²) in [5, 5.41) is 4.37. The molecule has 0 fully saturated rings. The smallest absolute Gasteiger partial charge is 0.311 e. The summed E-state index contributed by atoms with van der Waals surface area (Å²) < 4.78 is 6.77. The number of esters is 1. The van der Waals surface area contributed by atoms with Crippen LogP contribution in [0.1, 0.15) is 32.2 Å². The van der Waals surface area contributed by atoms with Gasteiger partial charge in [-0.1, -0.05) is 6.92 Å². The first-order valence-electron chi connectivity index (χ1n) is 5.42. The SMILES string of the molecule is CCOC(=O)Cc1cc(CC)nn1CC. The lowest BCUT2D eigenvalue weighted by Gasteiger charge is -2.03. The largest absolute Gasteiger partial charge is 0.466 e. The van der Waals surface area contributed by atoms with Crippen molar-refractivity contribution in [2.24, 2.45) is 0 Å². The summed E-state index contributed by atoms with van der Waals surface area (Å²) in [4.78, 5) is 11.3. The Bertz CT molecular complexity index is 331. The number of nitrogens with zero attached hydrogens (tertiary/aromatic N) is 2. The first-order chi connectivity index (χ1) is 7.21. The number of aromatic nitrogens is 2. The maximum atomic E-state index is 11.3. The molecule has 0 saturated carbocycles. The first kappa shape index (κ1) is 11.8. The third kappa shape index (κ3) is 3.08. The van der Waals surface area contributed by atoms with Gasteiger partial charge >= 0.3 is 5.97 Å². The van der Waals surface area contributed by atoms with Gasteiger partial charge in [-0.2, -0.15) is 5.10 Å². The predicted molar refractivity (Wildman–Crippen MR) is 57.6 cm³/mol. The Morgan fingerprint density at radius 1 is 1.47 bits per heavy atom. The van der Waals surface area contributed by atoms with E-state index in [0.717, 1.165) is 24.4 Å². The van der Waals surface area contributed by atoms with E-state index in [2.05, 4.69) is 12.0 Å². The van der Waals surface area contributed by atoms with Gasteiger partial charge in [-0.15, -0.1) is 0 Å². The maximum absolute atomic E-state index is 11.3. The molecule has 1 rings (SSSR count). The van der Waals surface area contributed by atoms with Gasteiger partial charge in [0.25, 0.3) is 0 Å². The Kier molecular flexibility index (Phi) is 4.34. The summed E-state index contributed by atoms with van der Waals surface area (Å²) in [6.45, 7) is 7.10. The minimum atomic E-state index is -0.185. The van der Waals surface area contributed by atoms with E-state index in [1.54, 1.807) is 0 Å². The zero-order chi connectivity index (χ0) is 11.3. The molecule has 0 spiro atoms. The number of hydrogen-bond acceptors (Lipinski definition) is 3. The van der Waals surface area contributed by atoms with Crippen molar-refractivity contribution < 1.29 is 9.53 Å². The lowest BCUT2D eigenvalue weighted by atomic mass is 10.2. The average molecular weight is 210 g/mol. The van der Waals surface area contributed by atoms with E-state index < -0.39 is 0 Å². The minimum Gasteiger partial charge on any atom is -0.466 e. The van der Waals surface area contributed by atoms with Crippen molar-refractivity contribution in [1.82, 2.24) is 9.78 Å². The fraction of sp³-hybridized carbons (Fsp3) is 0.636. The lowest BCUT2D eigenvalue weighted by Crippen LogP contribution is -2.12. The average Bonchev–Trinajstić information content (AvgIpc) is 2.60. The molecule has 15 heavy (non-hydrogen) atoms. The highest BCUT2D eigenvalue weighted by Crippen LogP contribution is 2.07. The fourth-order valence-corrected chi connectivity index (χ4v) is 1.46. The molecular formula is C11H18N2O2. The van der Waals surface area contributed by atoms with Crippen LogP contribution in [-0.2, 0) is 28.9 Å². The van der Waals surface area contributed by atoms with Crippen LogP contribution in [0, 0.1) is 0 Å². The van der Waals surface area contributed by atoms with E-state index in [4.69, 9.17) is 4.74 Å². The Morgan fingerprint density at radius 2 is 2.20 bits per heavy atom. The molecule has 1 aromatic rings. The van der Waals surface area contributed by atoms with E-state index in [9.17, 15) is 4.79 Å². The Morgan fingerprint density at radius 3 is 2.73 bits per heavy atom. The summed E-state index contributed by atoms with van der Waals surface area (Å²) in [5.41, 5.74) is 1.96. The van der Waals surface area contributed by atoms with Crippen molar-refractivity contribution in [2.45, 2.75) is 40.2 Å². The quantitative estimate of drug-likeness (QED) is 0.693. The molecular weight excluding hydrogens is 192 g/mol. The molecule has 1 aromatic heterocycles. The highest BCUT2D eigenvalue weighted by molar-refractivity contribution is 5.72. The molecule has 4 heteroatoms. The van der Waals surface area contributed by atoms with Gasteiger partial charge < -0.3 is 4.74 Å². The van der Waals surface area contributed by atoms with Crippen LogP contribution >= 0.6 is 0 Å². The second-order valence-electron chi connectivity index (χ2n) is 3.28. The molecule has 0 atom stereocenters. The lowest BCUT2D eigenvalue weighted by molar-refractivity contribution is -0.142. The molecule has 0 saturated heterocycles. The highest BCUT2D eigenvalue weighted by Gasteiger charge is 2.10. The van der Waals surface area contributed by atoms with Gasteiger partial charge in [0.2, 0.25) is 0 Å². The number of ether oxygens (including phenoxy) is 1. The van der Waals surface area contributed by atoms with E-state index in [-0.39, 0.29) is 5.97 Å². The molecule has 0 radical (unpaired) electrons. The standard InChI is InChI=1S/C11H18N2O2/c1-4-9-7-10(13(5-2)12-9)8-11(14)15-6-3/h7H,4-6,8H2,1-3H3. The predicted octanol–water partition coefficient (Wildman–Crippen LogP) is 1.57. The molecule has 4 nitrogen and oxygen atoms in total. The van der Waals surface area contributed by atoms with Crippen molar-refractivity contribution in [1.29, 1.82) is 0 Å². The van der Waals surface area contributed by atoms with Gasteiger partial charge in [-0.3, -0.25) is 9.48 Å². The summed E-state index contributed by atoms with van der Waals surface area (Å²) in [6.07, 6.45) is 1.21. The Labute approximate surface area is 90.2 Å². The van der Waals surface area contributed by atoms with E-state index >= 15 is 0 Å². The molecule has 0 aliphatic rings. The third-order valence-corrected chi connectivity index (χ3v) is 2.21. The molecule has 0 bridgehead atoms. The zero-order valence-electron chi connectivity index (χ0n) is 9.62. The van der Waals surface area contributed by atoms with Gasteiger partial charge in [-0.25, -0.2) is 0 Å². The zero-order valence-corrected chi connectivity index (χ0v) is 9.62. The minimum absolute atomic E-state index is 0.185. The molecule has 84 valence electrons. The van der Waals surface area contributed by atoms with Crippen LogP contribution in [-0.4, -0.2) is 22.4 Å². The van der Waals surface area contributed by atoms with E-state index in [1.807, 2.05) is 24.6 Å². The number of carbonyl (C=O) groups is 1. The van der Waals surface area contributed by atoms with Crippen LogP contribution in [0.25, 0.3) is 0 Å². The van der Waals surface area contributed by atoms with Crippen molar-refractivity contribution >= 4 is 5.97 Å². The van der Waals surface area contributed by atoms with Gasteiger partial charge in [0.15, 0.2) is 0 Å². The highest BCUT2D eigenvalue weighted by atomic mass is 16.5. The van der Waals surface area contributed by atoms with Gasteiger partial charge in [0, 0.05) is 12.2 Å². The molecule has 0 aliphatic carbocycles.